The van der Waals surface area contributed by atoms with Crippen molar-refractivity contribution >= 4 is 17.1 Å². The summed E-state index contributed by atoms with van der Waals surface area (Å²) in [6.07, 6.45) is -0.406. The number of aromatic hydroxyl groups is 2. The maximum Gasteiger partial charge on any atom is 0.253 e. The minimum Gasteiger partial charge on any atom is -0.508 e. The van der Waals surface area contributed by atoms with Gasteiger partial charge in [-0.3, -0.25) is 9.59 Å². The molecule has 1 unspecified atom stereocenters. The Kier molecular flexibility index (Phi) is 5.14. The van der Waals surface area contributed by atoms with Crippen LogP contribution in [0, 0.1) is 0 Å². The summed E-state index contributed by atoms with van der Waals surface area (Å²) in [7, 11) is 0. The molecule has 0 aromatic heterocycles. The molecule has 0 radical (unpaired) electrons. The summed E-state index contributed by atoms with van der Waals surface area (Å²) in [5.41, 5.74) is 0.603. The van der Waals surface area contributed by atoms with Gasteiger partial charge >= 0.3 is 0 Å². The molecule has 0 spiro atoms. The number of hydrogen-bond donors (Lipinski definition) is 5. The Morgan fingerprint density at radius 2 is 1.74 bits per heavy atom. The molecule has 0 fully saturated rings. The Morgan fingerprint density at radius 1 is 1.00 bits per heavy atom. The van der Waals surface area contributed by atoms with E-state index in [-0.39, 0.29) is 29.4 Å². The molecule has 0 saturated carbocycles. The van der Waals surface area contributed by atoms with E-state index in [0.29, 0.717) is 17.7 Å². The summed E-state index contributed by atoms with van der Waals surface area (Å²) in [6.45, 7) is 2.05. The van der Waals surface area contributed by atoms with Crippen molar-refractivity contribution in [2.24, 2.45) is 0 Å². The van der Waals surface area contributed by atoms with Gasteiger partial charge in [0.1, 0.15) is 22.9 Å². The summed E-state index contributed by atoms with van der Waals surface area (Å²) < 4.78 is 0. The van der Waals surface area contributed by atoms with Gasteiger partial charge in [-0.05, 0) is 42.3 Å². The molecule has 3 aromatic rings. The first-order valence-corrected chi connectivity index (χ1v) is 8.53. The minimum absolute atomic E-state index is 0.0397. The Morgan fingerprint density at radius 3 is 2.44 bits per heavy atom. The highest BCUT2D eigenvalue weighted by molar-refractivity contribution is 5.79. The van der Waals surface area contributed by atoms with Crippen LogP contribution in [0.15, 0.2) is 52.1 Å². The van der Waals surface area contributed by atoms with Crippen molar-refractivity contribution in [3.8, 4) is 11.5 Å². The van der Waals surface area contributed by atoms with Crippen LogP contribution in [0.3, 0.4) is 0 Å². The standard InChI is InChI=1S/C20H20N2O5/c1-2-15(24)14-9-12(6-7-16(14)25)22-18-17(19(26)20(18)27)21-10-11-4-3-5-13(23)8-11/h3-9,15,21-25H,2,10H2,1H3. The third-order valence-electron chi connectivity index (χ3n) is 4.33. The van der Waals surface area contributed by atoms with Crippen molar-refractivity contribution in [3.63, 3.8) is 0 Å². The Bertz CT molecular complexity index is 1040. The normalized spacial score (nSPS) is 12.1. The van der Waals surface area contributed by atoms with Gasteiger partial charge in [0, 0.05) is 17.8 Å². The number of phenolic OH excluding ortho intramolecular Hbond substituents is 2. The zero-order chi connectivity index (χ0) is 19.6. The number of rotatable bonds is 7. The average Bonchev–Trinajstić information content (AvgIpc) is 2.67. The number of aliphatic hydroxyl groups excluding tert-OH is 1. The van der Waals surface area contributed by atoms with Gasteiger partial charge in [-0.15, -0.1) is 0 Å². The van der Waals surface area contributed by atoms with E-state index < -0.39 is 17.0 Å². The van der Waals surface area contributed by atoms with Gasteiger partial charge in [-0.25, -0.2) is 0 Å². The van der Waals surface area contributed by atoms with Crippen molar-refractivity contribution in [3.05, 3.63) is 74.0 Å². The van der Waals surface area contributed by atoms with Gasteiger partial charge in [0.05, 0.1) is 6.10 Å². The van der Waals surface area contributed by atoms with Crippen molar-refractivity contribution in [1.82, 2.24) is 0 Å². The summed E-state index contributed by atoms with van der Waals surface area (Å²) in [4.78, 5) is 23.8. The van der Waals surface area contributed by atoms with Crippen LogP contribution in [0.1, 0.15) is 30.6 Å². The van der Waals surface area contributed by atoms with Crippen LogP contribution in [0.25, 0.3) is 0 Å². The fourth-order valence-electron chi connectivity index (χ4n) is 2.80. The largest absolute Gasteiger partial charge is 0.508 e. The highest BCUT2D eigenvalue weighted by Gasteiger charge is 2.21. The molecule has 3 rings (SSSR count). The summed E-state index contributed by atoms with van der Waals surface area (Å²) in [5, 5.41) is 35.1. The van der Waals surface area contributed by atoms with Crippen LogP contribution in [-0.2, 0) is 6.54 Å². The zero-order valence-corrected chi connectivity index (χ0v) is 14.7. The molecule has 5 N–H and O–H groups in total. The summed E-state index contributed by atoms with van der Waals surface area (Å²) in [5.74, 6) is 0.0749. The first-order chi connectivity index (χ1) is 12.9. The molecule has 0 bridgehead atoms. The number of hydrogen-bond acceptors (Lipinski definition) is 7. The first-order valence-electron chi connectivity index (χ1n) is 8.53. The second-order valence-electron chi connectivity index (χ2n) is 6.25. The molecule has 0 aliphatic rings. The number of anilines is 3. The summed E-state index contributed by atoms with van der Waals surface area (Å²) in [6, 6.07) is 11.1. The molecular weight excluding hydrogens is 348 g/mol. The molecule has 0 heterocycles. The molecule has 0 saturated heterocycles. The van der Waals surface area contributed by atoms with Gasteiger partial charge < -0.3 is 26.0 Å². The number of aliphatic hydroxyl groups is 1. The average molecular weight is 368 g/mol. The van der Waals surface area contributed by atoms with Gasteiger partial charge in [0.15, 0.2) is 0 Å². The van der Waals surface area contributed by atoms with Crippen LogP contribution in [-0.4, -0.2) is 15.3 Å². The van der Waals surface area contributed by atoms with E-state index in [0.717, 1.165) is 5.56 Å². The first kappa shape index (κ1) is 18.5. The second kappa shape index (κ2) is 7.51. The van der Waals surface area contributed by atoms with E-state index in [1.807, 2.05) is 0 Å². The zero-order valence-electron chi connectivity index (χ0n) is 14.7. The molecular formula is C20H20N2O5. The lowest BCUT2D eigenvalue weighted by atomic mass is 10.0. The van der Waals surface area contributed by atoms with Crippen LogP contribution >= 0.6 is 0 Å². The Balaban J connectivity index is 1.80. The van der Waals surface area contributed by atoms with E-state index in [4.69, 9.17) is 0 Å². The predicted molar refractivity (Wildman–Crippen MR) is 103 cm³/mol. The molecule has 0 aliphatic heterocycles. The topological polar surface area (TPSA) is 119 Å². The van der Waals surface area contributed by atoms with E-state index in [2.05, 4.69) is 10.6 Å². The highest BCUT2D eigenvalue weighted by atomic mass is 16.3. The van der Waals surface area contributed by atoms with Crippen molar-refractivity contribution in [2.45, 2.75) is 26.0 Å². The van der Waals surface area contributed by atoms with E-state index >= 15 is 0 Å². The molecule has 3 aromatic carbocycles. The van der Waals surface area contributed by atoms with Crippen LogP contribution < -0.4 is 21.5 Å². The Labute approximate surface area is 155 Å². The predicted octanol–water partition coefficient (Wildman–Crippen LogP) is 2.49. The highest BCUT2D eigenvalue weighted by Crippen LogP contribution is 2.31. The van der Waals surface area contributed by atoms with Crippen LogP contribution in [0.2, 0.25) is 0 Å². The quantitative estimate of drug-likeness (QED) is 0.321. The van der Waals surface area contributed by atoms with Gasteiger partial charge in [-0.2, -0.15) is 0 Å². The SMILES string of the molecule is CCC(O)c1cc(Nc2c(NCc3cccc(O)c3)c(=O)c2=O)ccc1O. The maximum atomic E-state index is 11.9. The fraction of sp³-hybridized carbons (Fsp3) is 0.200. The van der Waals surface area contributed by atoms with E-state index in [1.54, 1.807) is 43.3 Å². The lowest BCUT2D eigenvalue weighted by molar-refractivity contribution is 0.170. The smallest absolute Gasteiger partial charge is 0.253 e. The van der Waals surface area contributed by atoms with Crippen molar-refractivity contribution in [2.75, 3.05) is 10.6 Å². The molecule has 0 amide bonds. The molecule has 7 heteroatoms. The Hall–Kier alpha value is -3.32. The second-order valence-corrected chi connectivity index (χ2v) is 6.25. The third-order valence-corrected chi connectivity index (χ3v) is 4.33. The maximum absolute atomic E-state index is 11.9. The fourth-order valence-corrected chi connectivity index (χ4v) is 2.80. The third kappa shape index (κ3) is 3.78. The summed E-state index contributed by atoms with van der Waals surface area (Å²) >= 11 is 0. The van der Waals surface area contributed by atoms with Crippen molar-refractivity contribution < 1.29 is 15.3 Å². The van der Waals surface area contributed by atoms with Crippen LogP contribution in [0.5, 0.6) is 11.5 Å². The molecule has 1 atom stereocenters. The number of phenols is 2. The minimum atomic E-state index is -0.831. The lowest BCUT2D eigenvalue weighted by Gasteiger charge is -2.17. The van der Waals surface area contributed by atoms with E-state index in [1.165, 1.54) is 6.07 Å². The monoisotopic (exact) mass is 368 g/mol. The van der Waals surface area contributed by atoms with Gasteiger partial charge in [-0.1, -0.05) is 19.1 Å². The van der Waals surface area contributed by atoms with Gasteiger partial charge in [0.25, 0.3) is 10.9 Å². The van der Waals surface area contributed by atoms with Crippen LogP contribution in [0.4, 0.5) is 17.1 Å². The molecule has 27 heavy (non-hydrogen) atoms. The number of benzene rings is 2. The molecule has 0 aliphatic carbocycles. The number of nitrogens with one attached hydrogen (secondary N) is 2. The van der Waals surface area contributed by atoms with E-state index in [9.17, 15) is 24.9 Å². The lowest BCUT2D eigenvalue weighted by Crippen LogP contribution is -2.36. The molecule has 140 valence electrons. The van der Waals surface area contributed by atoms with Gasteiger partial charge in [0.2, 0.25) is 0 Å². The molecule has 7 nitrogen and oxygen atoms in total. The van der Waals surface area contributed by atoms with Crippen molar-refractivity contribution in [1.29, 1.82) is 0 Å².